The molecule has 1 aliphatic rings. The van der Waals surface area contributed by atoms with E-state index in [2.05, 4.69) is 20.4 Å². The smallest absolute Gasteiger partial charge is 0.227 e. The first-order chi connectivity index (χ1) is 9.15. The highest BCUT2D eigenvalue weighted by atomic mass is 16.1. The molecular weight excluding hydrogens is 244 g/mol. The van der Waals surface area contributed by atoms with Gasteiger partial charge in [0.1, 0.15) is 5.70 Å². The van der Waals surface area contributed by atoms with Gasteiger partial charge in [0.15, 0.2) is 0 Å². The van der Waals surface area contributed by atoms with Crippen LogP contribution in [0.2, 0.25) is 0 Å². The highest BCUT2D eigenvalue weighted by Crippen LogP contribution is 2.22. The van der Waals surface area contributed by atoms with Gasteiger partial charge in [-0.25, -0.2) is 15.5 Å². The van der Waals surface area contributed by atoms with E-state index in [0.717, 1.165) is 5.69 Å². The number of hydrogen-bond donors (Lipinski definition) is 2. The Balaban J connectivity index is 2.30. The molecule has 1 atom stereocenters. The second-order valence-electron chi connectivity index (χ2n) is 4.10. The van der Waals surface area contributed by atoms with E-state index in [0.29, 0.717) is 23.8 Å². The Labute approximate surface area is 110 Å². The number of nitrogens with one attached hydrogen (secondary N) is 2. The van der Waals surface area contributed by atoms with E-state index in [1.165, 1.54) is 4.90 Å². The maximum absolute atomic E-state index is 10.8. The molecular formula is C12H14N6O. The number of amides is 1. The van der Waals surface area contributed by atoms with Crippen molar-refractivity contribution < 1.29 is 4.79 Å². The predicted molar refractivity (Wildman–Crippen MR) is 69.1 cm³/mol. The molecule has 1 aliphatic heterocycles. The van der Waals surface area contributed by atoms with Crippen LogP contribution in [0.4, 0.5) is 5.95 Å². The Morgan fingerprint density at radius 2 is 2.37 bits per heavy atom. The second-order valence-corrected chi connectivity index (χ2v) is 4.10. The molecule has 0 aromatic carbocycles. The molecule has 1 unspecified atom stereocenters. The fraction of sp³-hybridized carbons (Fsp3) is 0.250. The molecule has 0 spiro atoms. The van der Waals surface area contributed by atoms with Gasteiger partial charge in [0.25, 0.3) is 0 Å². The Morgan fingerprint density at radius 1 is 1.58 bits per heavy atom. The summed E-state index contributed by atoms with van der Waals surface area (Å²) in [5.41, 5.74) is 9.15. The monoisotopic (exact) mass is 258 g/mol. The van der Waals surface area contributed by atoms with Crippen molar-refractivity contribution in [3.05, 3.63) is 41.6 Å². The molecule has 2 rings (SSSR count). The summed E-state index contributed by atoms with van der Waals surface area (Å²) in [7, 11) is 0. The van der Waals surface area contributed by atoms with Gasteiger partial charge in [0.05, 0.1) is 11.7 Å². The van der Waals surface area contributed by atoms with Crippen molar-refractivity contribution in [1.29, 1.82) is 5.53 Å². The molecule has 1 amide bonds. The largest absolute Gasteiger partial charge is 0.322 e. The van der Waals surface area contributed by atoms with Crippen LogP contribution in [0.15, 0.2) is 41.0 Å². The average Bonchev–Trinajstić information content (AvgIpc) is 2.39. The molecule has 1 aromatic heterocycles. The molecule has 0 saturated carbocycles. The standard InChI is InChI=1S/C12H14N6O/c1-8-3-5-14-12(15-8)16-10-4-6-18(7-19)9(2)11(10)17-13/h3-7,9,13H,1-2H3,(H,14,15,16). The minimum absolute atomic E-state index is 0.299. The van der Waals surface area contributed by atoms with E-state index >= 15 is 0 Å². The first-order valence-corrected chi connectivity index (χ1v) is 5.75. The number of carbonyl (C=O) groups is 1. The van der Waals surface area contributed by atoms with Crippen molar-refractivity contribution in [2.24, 2.45) is 5.11 Å². The second kappa shape index (κ2) is 5.38. The van der Waals surface area contributed by atoms with Crippen molar-refractivity contribution in [3.63, 3.8) is 0 Å². The van der Waals surface area contributed by atoms with Crippen molar-refractivity contribution in [2.45, 2.75) is 19.9 Å². The third-order valence-corrected chi connectivity index (χ3v) is 2.82. The quantitative estimate of drug-likeness (QED) is 0.636. The lowest BCUT2D eigenvalue weighted by atomic mass is 10.1. The Kier molecular flexibility index (Phi) is 3.65. The zero-order chi connectivity index (χ0) is 13.8. The summed E-state index contributed by atoms with van der Waals surface area (Å²) in [6.07, 6.45) is 5.65. The van der Waals surface area contributed by atoms with Crippen molar-refractivity contribution in [3.8, 4) is 0 Å². The predicted octanol–water partition coefficient (Wildman–Crippen LogP) is 1.81. The van der Waals surface area contributed by atoms with E-state index in [9.17, 15) is 4.79 Å². The number of nitrogens with zero attached hydrogens (tertiary/aromatic N) is 4. The lowest BCUT2D eigenvalue weighted by molar-refractivity contribution is -0.116. The molecule has 19 heavy (non-hydrogen) atoms. The average molecular weight is 258 g/mol. The Bertz CT molecular complexity index is 565. The Morgan fingerprint density at radius 3 is 3.00 bits per heavy atom. The van der Waals surface area contributed by atoms with Gasteiger partial charge in [0, 0.05) is 18.1 Å². The molecule has 2 N–H and O–H groups in total. The maximum atomic E-state index is 10.8. The summed E-state index contributed by atoms with van der Waals surface area (Å²) in [5.74, 6) is 0.438. The molecule has 1 aromatic rings. The number of aromatic nitrogens is 2. The minimum Gasteiger partial charge on any atom is -0.322 e. The number of hydrogen-bond acceptors (Lipinski definition) is 6. The van der Waals surface area contributed by atoms with Crippen LogP contribution in [-0.4, -0.2) is 27.3 Å². The number of rotatable bonds is 4. The van der Waals surface area contributed by atoms with Gasteiger partial charge in [-0.05, 0) is 26.0 Å². The fourth-order valence-electron chi connectivity index (χ4n) is 1.76. The van der Waals surface area contributed by atoms with Gasteiger partial charge in [-0.3, -0.25) is 4.79 Å². The van der Waals surface area contributed by atoms with Gasteiger partial charge in [-0.15, -0.1) is 0 Å². The van der Waals surface area contributed by atoms with E-state index in [4.69, 9.17) is 5.53 Å². The van der Waals surface area contributed by atoms with Crippen LogP contribution < -0.4 is 5.32 Å². The number of allylic oxidation sites excluding steroid dienone is 1. The van der Waals surface area contributed by atoms with Crippen LogP contribution in [0.25, 0.3) is 0 Å². The van der Waals surface area contributed by atoms with Crippen LogP contribution in [0.3, 0.4) is 0 Å². The van der Waals surface area contributed by atoms with E-state index < -0.39 is 0 Å². The topological polar surface area (TPSA) is 94.3 Å². The molecule has 0 aliphatic carbocycles. The van der Waals surface area contributed by atoms with Crippen LogP contribution in [0.1, 0.15) is 12.6 Å². The van der Waals surface area contributed by atoms with Gasteiger partial charge in [0.2, 0.25) is 12.4 Å². The summed E-state index contributed by atoms with van der Waals surface area (Å²) in [6.45, 7) is 3.66. The van der Waals surface area contributed by atoms with E-state index in [1.807, 2.05) is 6.92 Å². The molecule has 0 fully saturated rings. The van der Waals surface area contributed by atoms with E-state index in [1.54, 1.807) is 31.5 Å². The lowest BCUT2D eigenvalue weighted by Crippen LogP contribution is -2.32. The van der Waals surface area contributed by atoms with Gasteiger partial charge in [-0.1, -0.05) is 0 Å². The zero-order valence-electron chi connectivity index (χ0n) is 10.7. The summed E-state index contributed by atoms with van der Waals surface area (Å²) < 4.78 is 0. The number of aryl methyl sites for hydroxylation is 1. The van der Waals surface area contributed by atoms with Gasteiger partial charge < -0.3 is 10.2 Å². The summed E-state index contributed by atoms with van der Waals surface area (Å²) in [6, 6.07) is 1.50. The number of anilines is 1. The zero-order valence-corrected chi connectivity index (χ0v) is 10.7. The van der Waals surface area contributed by atoms with Crippen LogP contribution >= 0.6 is 0 Å². The third-order valence-electron chi connectivity index (χ3n) is 2.82. The third kappa shape index (κ3) is 2.65. The van der Waals surface area contributed by atoms with Crippen LogP contribution in [0.5, 0.6) is 0 Å². The molecule has 0 radical (unpaired) electrons. The molecule has 2 heterocycles. The lowest BCUT2D eigenvalue weighted by Gasteiger charge is -2.26. The highest BCUT2D eigenvalue weighted by Gasteiger charge is 2.22. The molecule has 7 heteroatoms. The fourth-order valence-corrected chi connectivity index (χ4v) is 1.76. The summed E-state index contributed by atoms with van der Waals surface area (Å²) >= 11 is 0. The molecule has 7 nitrogen and oxygen atoms in total. The van der Waals surface area contributed by atoms with Gasteiger partial charge in [-0.2, -0.15) is 5.11 Å². The maximum Gasteiger partial charge on any atom is 0.227 e. The van der Waals surface area contributed by atoms with Crippen LogP contribution in [-0.2, 0) is 4.79 Å². The van der Waals surface area contributed by atoms with Crippen molar-refractivity contribution in [2.75, 3.05) is 5.32 Å². The first kappa shape index (κ1) is 12.9. The highest BCUT2D eigenvalue weighted by molar-refractivity contribution is 5.55. The molecule has 0 saturated heterocycles. The first-order valence-electron chi connectivity index (χ1n) is 5.75. The summed E-state index contributed by atoms with van der Waals surface area (Å²) in [4.78, 5) is 20.6. The number of carbonyl (C=O) groups excluding carboxylic acids is 1. The Hall–Kier alpha value is -2.57. The van der Waals surface area contributed by atoms with E-state index in [-0.39, 0.29) is 6.04 Å². The van der Waals surface area contributed by atoms with Crippen molar-refractivity contribution in [1.82, 2.24) is 14.9 Å². The molecule has 0 bridgehead atoms. The van der Waals surface area contributed by atoms with Crippen molar-refractivity contribution >= 4 is 12.4 Å². The minimum atomic E-state index is -0.299. The van der Waals surface area contributed by atoms with Gasteiger partial charge >= 0.3 is 0 Å². The van der Waals surface area contributed by atoms with Crippen LogP contribution in [0, 0.1) is 12.5 Å². The SMILES string of the molecule is Cc1ccnc(NC2=C(N=N)C(C)N(C=O)C=C2)n1. The summed E-state index contributed by atoms with van der Waals surface area (Å²) in [5, 5.41) is 6.50. The normalized spacial score (nSPS) is 18.4. The molecule has 98 valence electrons.